The number of ether oxygens (including phenoxy) is 1. The van der Waals surface area contributed by atoms with Crippen LogP contribution in [0.5, 0.6) is 11.5 Å². The van der Waals surface area contributed by atoms with Gasteiger partial charge in [-0.05, 0) is 289 Å². The third kappa shape index (κ3) is 56.0. The number of halogens is 9. The quantitative estimate of drug-likeness (QED) is 0.0279. The number of phenolic OH excluding ortho intramolecular Hbond substituents is 1. The van der Waals surface area contributed by atoms with Crippen LogP contribution < -0.4 is 16.2 Å². The molecule has 0 bridgehead atoms. The van der Waals surface area contributed by atoms with E-state index in [1.54, 1.807) is 60.7 Å². The van der Waals surface area contributed by atoms with Gasteiger partial charge in [0, 0.05) is 32.9 Å². The van der Waals surface area contributed by atoms with E-state index in [0.29, 0.717) is 87.9 Å². The minimum absolute atomic E-state index is 0.152. The zero-order chi connectivity index (χ0) is 113. The Morgan fingerprint density at radius 1 is 0.362 bits per heavy atom. The van der Waals surface area contributed by atoms with Crippen molar-refractivity contribution in [2.45, 2.75) is 276 Å². The third-order valence-corrected chi connectivity index (χ3v) is 23.8. The SMILES string of the molecule is CC(C)c1ccc(-c2ccccc2)cc1.CC(C)c1ccc(Br)cc1.CC(C)c1ccc(C#N)cc1.CC(C)c1ccc(C(=O)O)cc1.CC(C)c1ccc(C(F)(F)F)cc1.CC(C)c1ccc(C(N)=O)cc1.CC(C)c1ccc(Cl)cc1.CC(C)c1ccc(F)cc1.CC(C)c1ccc(N)cc1.CC(C)c1ccc(O)cc1.CC(C)c1ccc(OC(F)(F)F)cc1.CC(C)c1ccc([N+](=O)[O-])cc1.Cc1ccc(C(C)C)cc1. The van der Waals surface area contributed by atoms with Crippen molar-refractivity contribution in [1.82, 2.24) is 0 Å². The molecule has 1 amide bonds. The second-order valence-electron chi connectivity index (χ2n) is 39.6. The monoisotopic (exact) mass is 2120 g/mol. The number of nitro groups is 1. The lowest BCUT2D eigenvalue weighted by Crippen LogP contribution is -2.17. The van der Waals surface area contributed by atoms with E-state index >= 15 is 0 Å². The lowest BCUT2D eigenvalue weighted by atomic mass is 9.99. The van der Waals surface area contributed by atoms with Gasteiger partial charge in [-0.15, -0.1) is 13.2 Å². The Labute approximate surface area is 898 Å². The van der Waals surface area contributed by atoms with Crippen molar-refractivity contribution >= 4 is 50.8 Å². The number of carboxylic acid groups (broad SMARTS) is 1. The number of anilines is 1. The first-order chi connectivity index (χ1) is 69.8. The molecule has 798 valence electrons. The van der Waals surface area contributed by atoms with Gasteiger partial charge in [-0.3, -0.25) is 14.9 Å². The zero-order valence-corrected chi connectivity index (χ0v) is 94.1. The molecule has 14 aromatic rings. The normalized spacial score (nSPS) is 10.6. The van der Waals surface area contributed by atoms with E-state index in [-0.39, 0.29) is 34.0 Å². The number of primary amides is 1. The van der Waals surface area contributed by atoms with E-state index in [0.717, 1.165) is 49.6 Å². The molecular weight excluding hydrogens is 1970 g/mol. The number of nitrogen functional groups attached to an aromatic ring is 1. The highest BCUT2D eigenvalue weighted by Gasteiger charge is 2.32. The Bertz CT molecular complexity index is 5530. The molecule has 0 unspecified atom stereocenters. The van der Waals surface area contributed by atoms with Gasteiger partial charge in [0.05, 0.1) is 27.7 Å². The predicted octanol–water partition coefficient (Wildman–Crippen LogP) is 39.8. The number of hydrogen-bond acceptors (Lipinski definition) is 8. The first-order valence-electron chi connectivity index (χ1n) is 50.5. The molecule has 0 fully saturated rings. The van der Waals surface area contributed by atoms with Crippen LogP contribution in [0.15, 0.2) is 350 Å². The molecule has 0 aliphatic heterocycles. The topological polar surface area (TPSA) is 203 Å². The van der Waals surface area contributed by atoms with Crippen LogP contribution in [0.2, 0.25) is 5.02 Å². The van der Waals surface area contributed by atoms with E-state index in [4.69, 9.17) is 38.5 Å². The summed E-state index contributed by atoms with van der Waals surface area (Å²) < 4.78 is 88.9. The van der Waals surface area contributed by atoms with Crippen molar-refractivity contribution in [2.24, 2.45) is 5.73 Å². The number of nitro benzene ring substituents is 1. The molecule has 0 aromatic heterocycles. The number of hydrogen-bond donors (Lipinski definition) is 4. The number of aryl methyl sites for hydroxylation is 1. The number of carboxylic acids is 1. The maximum atomic E-state index is 12.4. The highest BCUT2D eigenvalue weighted by Crippen LogP contribution is 2.33. The minimum Gasteiger partial charge on any atom is -0.508 e. The number of nitrogens with two attached hydrogens (primary N) is 2. The third-order valence-electron chi connectivity index (χ3n) is 23.0. The number of carbonyl (C=O) groups excluding carboxylic acids is 1. The molecule has 14 aromatic carbocycles. The molecule has 0 aliphatic carbocycles. The number of benzene rings is 14. The summed E-state index contributed by atoms with van der Waals surface area (Å²) in [4.78, 5) is 31.1. The smallest absolute Gasteiger partial charge is 0.508 e. The summed E-state index contributed by atoms with van der Waals surface area (Å²) in [7, 11) is 0. The maximum absolute atomic E-state index is 12.4. The van der Waals surface area contributed by atoms with Crippen LogP contribution in [0.3, 0.4) is 0 Å². The molecule has 6 N–H and O–H groups in total. The molecule has 0 saturated heterocycles. The number of alkyl halides is 6. The Balaban J connectivity index is 0.000000546. The molecule has 14 rings (SSSR count). The van der Waals surface area contributed by atoms with Crippen molar-refractivity contribution in [3.8, 4) is 28.7 Å². The molecule has 0 saturated carbocycles. The number of non-ortho nitro benzene ring substituents is 1. The van der Waals surface area contributed by atoms with Crippen LogP contribution in [-0.4, -0.2) is 33.4 Å². The van der Waals surface area contributed by atoms with Crippen LogP contribution in [0.25, 0.3) is 11.1 Å². The van der Waals surface area contributed by atoms with Crippen LogP contribution in [0.1, 0.15) is 367 Å². The van der Waals surface area contributed by atoms with Crippen molar-refractivity contribution in [3.05, 3.63) is 471 Å². The largest absolute Gasteiger partial charge is 0.573 e. The Morgan fingerprint density at radius 3 is 0.913 bits per heavy atom. The molecule has 0 radical (unpaired) electrons. The van der Waals surface area contributed by atoms with Gasteiger partial charge in [0.25, 0.3) is 5.69 Å². The van der Waals surface area contributed by atoms with Gasteiger partial charge < -0.3 is 26.4 Å². The number of phenols is 1. The lowest BCUT2D eigenvalue weighted by Gasteiger charge is -2.10. The zero-order valence-electron chi connectivity index (χ0n) is 91.8. The molecule has 149 heavy (non-hydrogen) atoms. The van der Waals surface area contributed by atoms with Gasteiger partial charge in [-0.2, -0.15) is 18.4 Å². The van der Waals surface area contributed by atoms with Crippen LogP contribution in [-0.2, 0) is 6.18 Å². The minimum atomic E-state index is -4.61. The van der Waals surface area contributed by atoms with Gasteiger partial charge in [-0.1, -0.05) is 425 Å². The number of carbonyl (C=O) groups is 2. The average Bonchev–Trinajstić information content (AvgIpc) is 0.780. The van der Waals surface area contributed by atoms with E-state index in [9.17, 15) is 50.4 Å². The Morgan fingerprint density at radius 2 is 0.617 bits per heavy atom. The highest BCUT2D eigenvalue weighted by molar-refractivity contribution is 9.10. The fourth-order valence-electron chi connectivity index (χ4n) is 13.0. The van der Waals surface area contributed by atoms with E-state index < -0.39 is 24.1 Å². The van der Waals surface area contributed by atoms with Gasteiger partial charge in [-0.25, -0.2) is 9.18 Å². The molecular formula is C129H157BrClF7N4O7. The number of rotatable bonds is 18. The number of aromatic hydroxyl groups is 1. The van der Waals surface area contributed by atoms with Crippen molar-refractivity contribution in [2.75, 3.05) is 5.73 Å². The van der Waals surface area contributed by atoms with Gasteiger partial charge in [0.15, 0.2) is 0 Å². The maximum Gasteiger partial charge on any atom is 0.573 e. The lowest BCUT2D eigenvalue weighted by molar-refractivity contribution is -0.384. The number of aromatic carboxylic acids is 1. The van der Waals surface area contributed by atoms with Gasteiger partial charge in [0.1, 0.15) is 17.3 Å². The standard InChI is InChI=1S/C15H16.C10H11F3O.C10H11F3.C10H13NO.C10H11N.C10H12O2.C10H14.C9H11Br.C9H11Cl.C9H11F.C9H11NO2.C9H13N.C9H12O/c1-12(2)13-8-10-15(11-9-13)14-6-4-3-5-7-14;1-7(2)8-3-5-9(6-4-8)14-10(11,12)13;1-7(2)8-3-5-9(6-4-8)10(11,12)13;1-7(2)8-3-5-9(6-4-8)10(11)12;1-8(2)10-5-3-9(7-11)4-6-10;1-7(2)8-3-5-9(6-4-8)10(11)12;1-8(2)10-6-4-9(3)5-7-10;3*1-7(2)8-3-5-9(10)6-4-8;1-7(2)8-3-5-9(6-4-8)10(11)12;2*1-7(2)8-3-5-9(10)6-4-8/h3-12H,1-2H3;3-7H,1-2H3;3-7H,1-2H3;3-7H,1-2H3,(H2,11,12);3-6,8H,1-2H3;3-7H,1-2H3,(H,11,12);4-8H,1-3H3;3*3-7H,1-2H3;3-7H,1-2H3;3-7H,10H2,1-2H3;3-7,10H,1-2H3. The molecule has 11 nitrogen and oxygen atoms in total. The van der Waals surface area contributed by atoms with Crippen molar-refractivity contribution in [1.29, 1.82) is 5.26 Å². The first kappa shape index (κ1) is 132. The van der Waals surface area contributed by atoms with Crippen LogP contribution in [0, 0.1) is 34.2 Å². The average molecular weight is 2120 g/mol. The summed E-state index contributed by atoms with van der Waals surface area (Å²) >= 11 is 9.11. The summed E-state index contributed by atoms with van der Waals surface area (Å²) in [6.45, 7) is 57.1. The summed E-state index contributed by atoms with van der Waals surface area (Å²) in [5.74, 6) is 5.35. The molecule has 20 heteroatoms. The van der Waals surface area contributed by atoms with Crippen molar-refractivity contribution < 1.29 is 60.2 Å². The highest BCUT2D eigenvalue weighted by atomic mass is 79.9. The fourth-order valence-corrected chi connectivity index (χ4v) is 13.4. The molecule has 0 atom stereocenters. The van der Waals surface area contributed by atoms with E-state index in [1.807, 2.05) is 131 Å². The molecule has 0 aliphatic rings. The molecule has 0 spiro atoms. The van der Waals surface area contributed by atoms with E-state index in [1.165, 1.54) is 121 Å². The predicted molar refractivity (Wildman–Crippen MR) is 614 cm³/mol. The van der Waals surface area contributed by atoms with E-state index in [2.05, 4.69) is 307 Å². The van der Waals surface area contributed by atoms with Crippen LogP contribution in [0.4, 0.5) is 42.1 Å². The Hall–Kier alpha value is -13.4. The number of nitrogens with zero attached hydrogens (tertiary/aromatic N) is 2. The number of nitriles is 1. The summed E-state index contributed by atoms with van der Waals surface area (Å²) in [6.07, 6.45) is -8.84. The summed E-state index contributed by atoms with van der Waals surface area (Å²) in [5.41, 5.74) is 32.6. The first-order valence-corrected chi connectivity index (χ1v) is 51.6. The second-order valence-corrected chi connectivity index (χ2v) is 40.9. The Kier molecular flexibility index (Phi) is 61.0. The summed E-state index contributed by atoms with van der Waals surface area (Å²) in [6, 6.07) is 108. The van der Waals surface area contributed by atoms with Crippen molar-refractivity contribution in [3.63, 3.8) is 0 Å². The molecule has 0 heterocycles. The van der Waals surface area contributed by atoms with Crippen LogP contribution >= 0.6 is 27.5 Å². The van der Waals surface area contributed by atoms with Gasteiger partial charge in [0.2, 0.25) is 5.91 Å². The fraction of sp³-hybridized carbons (Fsp3) is 0.326. The number of amides is 1. The second kappa shape index (κ2) is 69.0. The van der Waals surface area contributed by atoms with Gasteiger partial charge >= 0.3 is 18.5 Å². The summed E-state index contributed by atoms with van der Waals surface area (Å²) in [5, 5.41) is 37.2.